The number of carbonyl (C=O) groups is 2. The van der Waals surface area contributed by atoms with Crippen molar-refractivity contribution in [1.82, 2.24) is 20.5 Å². The molecule has 1 aliphatic rings. The van der Waals surface area contributed by atoms with Crippen molar-refractivity contribution in [3.63, 3.8) is 0 Å². The van der Waals surface area contributed by atoms with Gasteiger partial charge in [0.2, 0.25) is 11.8 Å². The maximum atomic E-state index is 12.4. The van der Waals surface area contributed by atoms with Gasteiger partial charge in [0, 0.05) is 16.7 Å². The van der Waals surface area contributed by atoms with Crippen molar-refractivity contribution < 1.29 is 9.59 Å². The van der Waals surface area contributed by atoms with E-state index in [1.165, 1.54) is 6.33 Å². The van der Waals surface area contributed by atoms with Crippen molar-refractivity contribution in [2.75, 3.05) is 11.4 Å². The SMILES string of the molecule is O=C(NCc1ncn[nH]1)C1CCN(c2cccc(Br)c2)C1=O. The number of anilines is 1. The third kappa shape index (κ3) is 3.01. The smallest absolute Gasteiger partial charge is 0.239 e. The topological polar surface area (TPSA) is 91.0 Å². The predicted octanol–water partition coefficient (Wildman–Crippen LogP) is 1.24. The molecular weight excluding hydrogens is 350 g/mol. The lowest BCUT2D eigenvalue weighted by Gasteiger charge is -2.17. The Morgan fingerprint density at radius 3 is 3.09 bits per heavy atom. The average molecular weight is 364 g/mol. The number of benzene rings is 1. The molecule has 114 valence electrons. The van der Waals surface area contributed by atoms with Crippen molar-refractivity contribution >= 4 is 33.4 Å². The zero-order chi connectivity index (χ0) is 15.5. The van der Waals surface area contributed by atoms with Gasteiger partial charge in [0.15, 0.2) is 0 Å². The molecule has 2 aromatic rings. The highest BCUT2D eigenvalue weighted by Gasteiger charge is 2.37. The van der Waals surface area contributed by atoms with Gasteiger partial charge in [-0.2, -0.15) is 5.10 Å². The molecule has 1 fully saturated rings. The molecule has 2 amide bonds. The fourth-order valence-corrected chi connectivity index (χ4v) is 2.82. The summed E-state index contributed by atoms with van der Waals surface area (Å²) in [5, 5.41) is 9.08. The highest BCUT2D eigenvalue weighted by molar-refractivity contribution is 9.10. The highest BCUT2D eigenvalue weighted by Crippen LogP contribution is 2.27. The number of H-pyrrole nitrogens is 1. The monoisotopic (exact) mass is 363 g/mol. The van der Waals surface area contributed by atoms with Gasteiger partial charge in [-0.05, 0) is 24.6 Å². The second kappa shape index (κ2) is 6.27. The molecule has 1 unspecified atom stereocenters. The Kier molecular flexibility index (Phi) is 4.19. The fraction of sp³-hybridized carbons (Fsp3) is 0.286. The summed E-state index contributed by atoms with van der Waals surface area (Å²) in [5.74, 6) is -0.545. The normalized spacial score (nSPS) is 17.8. The maximum Gasteiger partial charge on any atom is 0.239 e. The second-order valence-corrected chi connectivity index (χ2v) is 5.88. The molecule has 0 spiro atoms. The average Bonchev–Trinajstić information content (AvgIpc) is 3.14. The summed E-state index contributed by atoms with van der Waals surface area (Å²) in [6, 6.07) is 7.49. The van der Waals surface area contributed by atoms with E-state index in [4.69, 9.17) is 0 Å². The lowest BCUT2D eigenvalue weighted by Crippen LogP contribution is -2.36. The standard InChI is InChI=1S/C14H14BrN5O2/c15-9-2-1-3-10(6-9)20-5-4-11(14(20)22)13(21)16-7-12-17-8-18-19-12/h1-3,6,8,11H,4-5,7H2,(H,16,21)(H,17,18,19). The zero-order valence-corrected chi connectivity index (χ0v) is 13.2. The zero-order valence-electron chi connectivity index (χ0n) is 11.6. The molecule has 8 heteroatoms. The molecule has 0 radical (unpaired) electrons. The van der Waals surface area contributed by atoms with E-state index >= 15 is 0 Å². The number of aromatic nitrogens is 3. The van der Waals surface area contributed by atoms with Crippen molar-refractivity contribution in [3.8, 4) is 0 Å². The highest BCUT2D eigenvalue weighted by atomic mass is 79.9. The van der Waals surface area contributed by atoms with Crippen molar-refractivity contribution in [1.29, 1.82) is 0 Å². The minimum absolute atomic E-state index is 0.173. The minimum atomic E-state index is -0.651. The van der Waals surface area contributed by atoms with E-state index in [9.17, 15) is 9.59 Å². The number of nitrogens with zero attached hydrogens (tertiary/aromatic N) is 3. The minimum Gasteiger partial charge on any atom is -0.348 e. The Balaban J connectivity index is 1.64. The third-order valence-corrected chi connectivity index (χ3v) is 4.03. The van der Waals surface area contributed by atoms with Crippen LogP contribution in [0.15, 0.2) is 35.1 Å². The summed E-state index contributed by atoms with van der Waals surface area (Å²) in [6.45, 7) is 0.773. The molecule has 0 aliphatic carbocycles. The fourth-order valence-electron chi connectivity index (χ4n) is 2.43. The van der Waals surface area contributed by atoms with Crippen LogP contribution in [0, 0.1) is 5.92 Å². The lowest BCUT2D eigenvalue weighted by atomic mass is 10.1. The summed E-state index contributed by atoms with van der Waals surface area (Å²) in [4.78, 5) is 30.2. The van der Waals surface area contributed by atoms with Gasteiger partial charge in [0.05, 0.1) is 6.54 Å². The van der Waals surface area contributed by atoms with Crippen LogP contribution in [0.25, 0.3) is 0 Å². The number of hydrogen-bond acceptors (Lipinski definition) is 4. The van der Waals surface area contributed by atoms with E-state index in [1.807, 2.05) is 24.3 Å². The predicted molar refractivity (Wildman–Crippen MR) is 82.8 cm³/mol. The number of nitrogens with one attached hydrogen (secondary N) is 2. The van der Waals surface area contributed by atoms with Crippen LogP contribution in [0.1, 0.15) is 12.2 Å². The van der Waals surface area contributed by atoms with Crippen LogP contribution < -0.4 is 10.2 Å². The van der Waals surface area contributed by atoms with Gasteiger partial charge in [0.1, 0.15) is 18.1 Å². The van der Waals surface area contributed by atoms with Gasteiger partial charge >= 0.3 is 0 Å². The van der Waals surface area contributed by atoms with Crippen molar-refractivity contribution in [3.05, 3.63) is 40.9 Å². The van der Waals surface area contributed by atoms with Crippen LogP contribution in [-0.4, -0.2) is 33.5 Å². The largest absolute Gasteiger partial charge is 0.348 e. The molecule has 3 rings (SSSR count). The number of aromatic amines is 1. The van der Waals surface area contributed by atoms with E-state index in [1.54, 1.807) is 4.90 Å². The van der Waals surface area contributed by atoms with E-state index in [0.717, 1.165) is 10.2 Å². The molecule has 0 saturated carbocycles. The van der Waals surface area contributed by atoms with Crippen LogP contribution in [0.5, 0.6) is 0 Å². The first kappa shape index (κ1) is 14.7. The van der Waals surface area contributed by atoms with Crippen LogP contribution in [0.3, 0.4) is 0 Å². The first-order valence-electron chi connectivity index (χ1n) is 6.84. The molecule has 1 aliphatic heterocycles. The van der Waals surface area contributed by atoms with E-state index in [2.05, 4.69) is 36.4 Å². The third-order valence-electron chi connectivity index (χ3n) is 3.54. The molecule has 1 saturated heterocycles. The van der Waals surface area contributed by atoms with Crippen LogP contribution in [0.4, 0.5) is 5.69 Å². The molecule has 22 heavy (non-hydrogen) atoms. The molecule has 2 N–H and O–H groups in total. The molecule has 0 bridgehead atoms. The van der Waals surface area contributed by atoms with Gasteiger partial charge in [0.25, 0.3) is 0 Å². The van der Waals surface area contributed by atoms with Gasteiger partial charge < -0.3 is 10.2 Å². The van der Waals surface area contributed by atoms with Gasteiger partial charge in [-0.1, -0.05) is 22.0 Å². The van der Waals surface area contributed by atoms with Gasteiger partial charge in [-0.3, -0.25) is 14.7 Å². The Morgan fingerprint density at radius 2 is 2.36 bits per heavy atom. The van der Waals surface area contributed by atoms with Crippen LogP contribution in [0.2, 0.25) is 0 Å². The Bertz CT molecular complexity index is 688. The first-order valence-corrected chi connectivity index (χ1v) is 7.63. The molecule has 1 aromatic carbocycles. The summed E-state index contributed by atoms with van der Waals surface area (Å²) < 4.78 is 0.899. The van der Waals surface area contributed by atoms with Gasteiger partial charge in [-0.15, -0.1) is 0 Å². The Morgan fingerprint density at radius 1 is 1.50 bits per heavy atom. The number of carbonyl (C=O) groups excluding carboxylic acids is 2. The van der Waals surface area contributed by atoms with E-state index < -0.39 is 5.92 Å². The van der Waals surface area contributed by atoms with E-state index in [-0.39, 0.29) is 18.4 Å². The summed E-state index contributed by atoms with van der Waals surface area (Å²) in [7, 11) is 0. The number of rotatable bonds is 4. The summed E-state index contributed by atoms with van der Waals surface area (Å²) in [6.07, 6.45) is 1.88. The second-order valence-electron chi connectivity index (χ2n) is 4.96. The first-order chi connectivity index (χ1) is 10.6. The molecule has 2 heterocycles. The van der Waals surface area contributed by atoms with Crippen LogP contribution in [-0.2, 0) is 16.1 Å². The maximum absolute atomic E-state index is 12.4. The van der Waals surface area contributed by atoms with Crippen LogP contribution >= 0.6 is 15.9 Å². The molecule has 7 nitrogen and oxygen atoms in total. The van der Waals surface area contributed by atoms with Crippen molar-refractivity contribution in [2.45, 2.75) is 13.0 Å². The quantitative estimate of drug-likeness (QED) is 0.799. The Labute approximate surface area is 135 Å². The van der Waals surface area contributed by atoms with E-state index in [0.29, 0.717) is 18.8 Å². The molecular formula is C14H14BrN5O2. The lowest BCUT2D eigenvalue weighted by molar-refractivity contribution is -0.132. The summed E-state index contributed by atoms with van der Waals surface area (Å²) in [5.41, 5.74) is 0.796. The number of halogens is 1. The molecule has 1 atom stereocenters. The van der Waals surface area contributed by atoms with Gasteiger partial charge in [-0.25, -0.2) is 4.98 Å². The number of hydrogen-bond donors (Lipinski definition) is 2. The number of amides is 2. The van der Waals surface area contributed by atoms with Crippen molar-refractivity contribution in [2.24, 2.45) is 5.92 Å². The Hall–Kier alpha value is -2.22. The summed E-state index contributed by atoms with van der Waals surface area (Å²) >= 11 is 3.39. The molecule has 1 aromatic heterocycles.